The number of ether oxygens (including phenoxy) is 2. The van der Waals surface area contributed by atoms with Gasteiger partial charge in [-0.2, -0.15) is 5.10 Å². The monoisotopic (exact) mass is 445 g/mol. The van der Waals surface area contributed by atoms with E-state index in [2.05, 4.69) is 10.2 Å². The summed E-state index contributed by atoms with van der Waals surface area (Å²) < 4.78 is 50.0. The smallest absolute Gasteiger partial charge is 0.260 e. The van der Waals surface area contributed by atoms with Crippen molar-refractivity contribution in [1.29, 1.82) is 0 Å². The number of amides is 1. The summed E-state index contributed by atoms with van der Waals surface area (Å²) in [7, 11) is 0. The van der Waals surface area contributed by atoms with Gasteiger partial charge in [0.15, 0.2) is 18.2 Å². The third kappa shape index (κ3) is 5.40. The van der Waals surface area contributed by atoms with E-state index in [4.69, 9.17) is 9.47 Å². The fourth-order valence-corrected chi connectivity index (χ4v) is 3.56. The van der Waals surface area contributed by atoms with E-state index in [9.17, 15) is 18.0 Å². The van der Waals surface area contributed by atoms with Crippen LogP contribution in [-0.2, 0) is 11.2 Å². The lowest BCUT2D eigenvalue weighted by Crippen LogP contribution is -2.32. The Morgan fingerprint density at radius 2 is 1.81 bits per heavy atom. The lowest BCUT2D eigenvalue weighted by Gasteiger charge is -2.16. The second kappa shape index (κ2) is 9.76. The number of carbonyl (C=O) groups excluding carboxylic acids is 1. The Morgan fingerprint density at radius 1 is 1.03 bits per heavy atom. The predicted molar refractivity (Wildman–Crippen MR) is 110 cm³/mol. The van der Waals surface area contributed by atoms with Gasteiger partial charge in [0.25, 0.3) is 5.91 Å². The van der Waals surface area contributed by atoms with E-state index >= 15 is 0 Å². The number of aromatic nitrogens is 2. The molecule has 1 amide bonds. The van der Waals surface area contributed by atoms with Crippen LogP contribution in [0.2, 0.25) is 0 Å². The fourth-order valence-electron chi connectivity index (χ4n) is 3.56. The van der Waals surface area contributed by atoms with Crippen LogP contribution in [0.4, 0.5) is 13.2 Å². The number of hydrogen-bond acceptors (Lipinski definition) is 4. The van der Waals surface area contributed by atoms with Crippen molar-refractivity contribution in [3.8, 4) is 11.5 Å². The third-order valence-corrected chi connectivity index (χ3v) is 5.32. The van der Waals surface area contributed by atoms with Crippen LogP contribution < -0.4 is 9.47 Å². The van der Waals surface area contributed by atoms with Crippen LogP contribution in [0.5, 0.6) is 11.5 Å². The number of aromatic amines is 1. The Labute approximate surface area is 183 Å². The minimum atomic E-state index is -0.949. The summed E-state index contributed by atoms with van der Waals surface area (Å²) >= 11 is 0. The number of nitrogens with one attached hydrogen (secondary N) is 1. The maximum absolute atomic E-state index is 13.2. The number of nitrogens with zero attached hydrogens (tertiary/aromatic N) is 2. The summed E-state index contributed by atoms with van der Waals surface area (Å²) in [5.74, 6) is -1.54. The summed E-state index contributed by atoms with van der Waals surface area (Å²) in [6.07, 6.45) is 1.31. The molecule has 1 aliphatic heterocycles. The maximum Gasteiger partial charge on any atom is 0.260 e. The van der Waals surface area contributed by atoms with Crippen LogP contribution >= 0.6 is 0 Å². The van der Waals surface area contributed by atoms with Crippen LogP contribution in [0.3, 0.4) is 0 Å². The number of hydrogen-bond donors (Lipinski definition) is 1. The van der Waals surface area contributed by atoms with Gasteiger partial charge in [0, 0.05) is 37.2 Å². The van der Waals surface area contributed by atoms with Crippen LogP contribution in [-0.4, -0.2) is 47.3 Å². The minimum Gasteiger partial charge on any atom is -0.493 e. The number of likely N-dealkylation sites (tertiary alicyclic amines) is 1. The van der Waals surface area contributed by atoms with Crippen molar-refractivity contribution in [1.82, 2.24) is 15.1 Å². The van der Waals surface area contributed by atoms with Crippen molar-refractivity contribution in [2.45, 2.75) is 18.8 Å². The molecule has 32 heavy (non-hydrogen) atoms. The topological polar surface area (TPSA) is 67.4 Å². The molecule has 0 bridgehead atoms. The first-order chi connectivity index (χ1) is 15.5. The van der Waals surface area contributed by atoms with Crippen LogP contribution in [0.25, 0.3) is 0 Å². The van der Waals surface area contributed by atoms with E-state index in [1.54, 1.807) is 4.90 Å². The second-order valence-electron chi connectivity index (χ2n) is 7.56. The quantitative estimate of drug-likeness (QED) is 0.572. The Bertz CT molecular complexity index is 1070. The van der Waals surface area contributed by atoms with Crippen molar-refractivity contribution >= 4 is 5.91 Å². The van der Waals surface area contributed by atoms with Crippen LogP contribution in [0.15, 0.2) is 48.5 Å². The van der Waals surface area contributed by atoms with E-state index in [1.807, 2.05) is 6.07 Å². The summed E-state index contributed by atoms with van der Waals surface area (Å²) in [6.45, 7) is 1.33. The van der Waals surface area contributed by atoms with Gasteiger partial charge in [0.05, 0.1) is 12.3 Å². The molecule has 1 aliphatic rings. The first kappa shape index (κ1) is 21.7. The SMILES string of the molecule is O=C(COc1ccc(F)cc1)N1CCC(c2cc(CCOc3ccc(F)c(F)c3)[nH]n2)C1. The zero-order chi connectivity index (χ0) is 22.5. The summed E-state index contributed by atoms with van der Waals surface area (Å²) in [5.41, 5.74) is 1.72. The Balaban J connectivity index is 1.23. The highest BCUT2D eigenvalue weighted by Crippen LogP contribution is 2.26. The molecule has 168 valence electrons. The fraction of sp³-hybridized carbons (Fsp3) is 0.304. The minimum absolute atomic E-state index is 0.106. The molecule has 1 unspecified atom stereocenters. The molecule has 0 radical (unpaired) electrons. The highest BCUT2D eigenvalue weighted by atomic mass is 19.2. The van der Waals surface area contributed by atoms with Gasteiger partial charge >= 0.3 is 0 Å². The largest absolute Gasteiger partial charge is 0.493 e. The van der Waals surface area contributed by atoms with Gasteiger partial charge in [-0.15, -0.1) is 0 Å². The normalized spacial score (nSPS) is 15.7. The highest BCUT2D eigenvalue weighted by Gasteiger charge is 2.29. The molecule has 1 fully saturated rings. The average molecular weight is 445 g/mol. The molecule has 2 heterocycles. The highest BCUT2D eigenvalue weighted by molar-refractivity contribution is 5.78. The van der Waals surface area contributed by atoms with Gasteiger partial charge in [0.2, 0.25) is 0 Å². The predicted octanol–water partition coefficient (Wildman–Crippen LogP) is 3.84. The zero-order valence-corrected chi connectivity index (χ0v) is 17.2. The molecule has 1 atom stereocenters. The summed E-state index contributed by atoms with van der Waals surface area (Å²) in [6, 6.07) is 10.9. The molecule has 1 N–H and O–H groups in total. The number of halogens is 3. The first-order valence-corrected chi connectivity index (χ1v) is 10.3. The van der Waals surface area contributed by atoms with E-state index in [0.29, 0.717) is 25.3 Å². The molecule has 6 nitrogen and oxygen atoms in total. The van der Waals surface area contributed by atoms with Crippen molar-refractivity contribution in [2.24, 2.45) is 0 Å². The van der Waals surface area contributed by atoms with Gasteiger partial charge in [0.1, 0.15) is 17.3 Å². The van der Waals surface area contributed by atoms with Gasteiger partial charge in [-0.3, -0.25) is 9.89 Å². The number of H-pyrrole nitrogens is 1. The van der Waals surface area contributed by atoms with E-state index < -0.39 is 11.6 Å². The Hall–Kier alpha value is -3.49. The average Bonchev–Trinajstić information content (AvgIpc) is 3.45. The van der Waals surface area contributed by atoms with Crippen molar-refractivity contribution < 1.29 is 27.4 Å². The standard InChI is InChI=1S/C23H22F3N3O3/c24-16-1-3-18(4-2-16)32-14-23(30)29-9-7-15(13-29)22-11-17(27-28-22)8-10-31-19-5-6-20(25)21(26)12-19/h1-6,11-12,15H,7-10,13-14H2,(H,27,28). The van der Waals surface area contributed by atoms with E-state index in [-0.39, 0.29) is 36.6 Å². The lowest BCUT2D eigenvalue weighted by molar-refractivity contribution is -0.132. The first-order valence-electron chi connectivity index (χ1n) is 10.3. The third-order valence-electron chi connectivity index (χ3n) is 5.32. The van der Waals surface area contributed by atoms with Crippen molar-refractivity contribution in [2.75, 3.05) is 26.3 Å². The van der Waals surface area contributed by atoms with Crippen molar-refractivity contribution in [3.63, 3.8) is 0 Å². The summed E-state index contributed by atoms with van der Waals surface area (Å²) in [5, 5.41) is 7.31. The van der Waals surface area contributed by atoms with Gasteiger partial charge in [-0.25, -0.2) is 13.2 Å². The number of carbonyl (C=O) groups is 1. The molecule has 3 aromatic rings. The van der Waals surface area contributed by atoms with Crippen LogP contribution in [0.1, 0.15) is 23.7 Å². The Morgan fingerprint density at radius 3 is 2.59 bits per heavy atom. The van der Waals surface area contributed by atoms with E-state index in [1.165, 1.54) is 30.3 Å². The molecule has 0 aliphatic carbocycles. The zero-order valence-electron chi connectivity index (χ0n) is 17.2. The van der Waals surface area contributed by atoms with Gasteiger partial charge < -0.3 is 14.4 Å². The van der Waals surface area contributed by atoms with E-state index in [0.717, 1.165) is 29.9 Å². The lowest BCUT2D eigenvalue weighted by atomic mass is 10.0. The van der Waals surface area contributed by atoms with Gasteiger partial charge in [-0.05, 0) is 48.9 Å². The number of rotatable bonds is 8. The molecular weight excluding hydrogens is 423 g/mol. The number of benzene rings is 2. The molecule has 9 heteroatoms. The van der Waals surface area contributed by atoms with Crippen molar-refractivity contribution in [3.05, 3.63) is 77.4 Å². The molecule has 2 aromatic carbocycles. The summed E-state index contributed by atoms with van der Waals surface area (Å²) in [4.78, 5) is 14.2. The Kier molecular flexibility index (Phi) is 6.63. The molecular formula is C23H22F3N3O3. The maximum atomic E-state index is 13.2. The molecule has 0 saturated carbocycles. The molecule has 0 spiro atoms. The molecule has 1 aromatic heterocycles. The second-order valence-corrected chi connectivity index (χ2v) is 7.56. The molecule has 1 saturated heterocycles. The molecule has 4 rings (SSSR count). The van der Waals surface area contributed by atoms with Crippen LogP contribution in [0, 0.1) is 17.5 Å². The van der Waals surface area contributed by atoms with Gasteiger partial charge in [-0.1, -0.05) is 0 Å².